The van der Waals surface area contributed by atoms with Gasteiger partial charge in [0, 0.05) is 12.0 Å². The summed E-state index contributed by atoms with van der Waals surface area (Å²) in [7, 11) is 0. The molecule has 23 heavy (non-hydrogen) atoms. The Morgan fingerprint density at radius 2 is 1.83 bits per heavy atom. The van der Waals surface area contributed by atoms with Crippen LogP contribution in [0.4, 0.5) is 0 Å². The van der Waals surface area contributed by atoms with E-state index in [1.54, 1.807) is 24.3 Å². The summed E-state index contributed by atoms with van der Waals surface area (Å²) >= 11 is 6.18. The average molecular weight is 329 g/mol. The first-order valence-corrected chi connectivity index (χ1v) is 7.34. The Bertz CT molecular complexity index is 820. The van der Waals surface area contributed by atoms with E-state index in [0.29, 0.717) is 16.4 Å². The van der Waals surface area contributed by atoms with Crippen molar-refractivity contribution in [1.82, 2.24) is 20.2 Å². The van der Waals surface area contributed by atoms with Gasteiger partial charge in [-0.2, -0.15) is 0 Å². The Kier molecular flexibility index (Phi) is 4.34. The molecule has 2 aromatic carbocycles. The van der Waals surface area contributed by atoms with Crippen LogP contribution in [0, 0.1) is 0 Å². The molecule has 7 heteroatoms. The monoisotopic (exact) mass is 328 g/mol. The second-order valence-corrected chi connectivity index (χ2v) is 5.38. The number of halogens is 1. The van der Waals surface area contributed by atoms with E-state index in [1.165, 1.54) is 4.68 Å². The van der Waals surface area contributed by atoms with Gasteiger partial charge in [-0.3, -0.25) is 0 Å². The third-order valence-corrected chi connectivity index (χ3v) is 3.79. The third kappa shape index (κ3) is 3.22. The number of hydrogen-bond acceptors (Lipinski definition) is 4. The molecule has 1 atom stereocenters. The van der Waals surface area contributed by atoms with Gasteiger partial charge in [0.05, 0.1) is 5.02 Å². The number of nitrogens with zero attached hydrogens (tertiary/aromatic N) is 4. The van der Waals surface area contributed by atoms with Gasteiger partial charge in [0.25, 0.3) is 0 Å². The van der Waals surface area contributed by atoms with E-state index in [-0.39, 0.29) is 6.42 Å². The standard InChI is InChI=1S/C16H13ClN4O2/c17-13-9-5-4-8-12(13)15-18-19-20-21(15)14(16(22)23)10-11-6-2-1-3-7-11/h1-9,14H,10H2,(H,22,23). The summed E-state index contributed by atoms with van der Waals surface area (Å²) in [4.78, 5) is 11.7. The molecule has 1 unspecified atom stereocenters. The van der Waals surface area contributed by atoms with Gasteiger partial charge in [0.2, 0.25) is 0 Å². The Balaban J connectivity index is 2.01. The Labute approximate surface area is 137 Å². The minimum absolute atomic E-state index is 0.276. The van der Waals surface area contributed by atoms with Crippen molar-refractivity contribution in [2.75, 3.05) is 0 Å². The molecule has 0 radical (unpaired) electrons. The highest BCUT2D eigenvalue weighted by Crippen LogP contribution is 2.27. The number of hydrogen-bond donors (Lipinski definition) is 1. The molecule has 6 nitrogen and oxygen atoms in total. The summed E-state index contributed by atoms with van der Waals surface area (Å²) in [6.07, 6.45) is 0.276. The topological polar surface area (TPSA) is 80.9 Å². The first-order chi connectivity index (χ1) is 11.2. The number of aromatic nitrogens is 4. The van der Waals surface area contributed by atoms with Gasteiger partial charge in [0.15, 0.2) is 11.9 Å². The third-order valence-electron chi connectivity index (χ3n) is 3.46. The predicted octanol–water partition coefficient (Wildman–Crippen LogP) is 2.86. The Morgan fingerprint density at radius 3 is 2.52 bits per heavy atom. The number of tetrazole rings is 1. The molecule has 0 saturated heterocycles. The van der Waals surface area contributed by atoms with Crippen molar-refractivity contribution in [3.8, 4) is 11.4 Å². The van der Waals surface area contributed by atoms with Crippen LogP contribution < -0.4 is 0 Å². The lowest BCUT2D eigenvalue weighted by Gasteiger charge is -2.14. The van der Waals surface area contributed by atoms with E-state index in [9.17, 15) is 9.90 Å². The van der Waals surface area contributed by atoms with Crippen molar-refractivity contribution >= 4 is 17.6 Å². The Hall–Kier alpha value is -2.73. The second kappa shape index (κ2) is 6.58. The fraction of sp³-hybridized carbons (Fsp3) is 0.125. The SMILES string of the molecule is O=C(O)C(Cc1ccccc1)n1nnnc1-c1ccccc1Cl. The van der Waals surface area contributed by atoms with Crippen molar-refractivity contribution < 1.29 is 9.90 Å². The lowest BCUT2D eigenvalue weighted by Crippen LogP contribution is -2.23. The zero-order chi connectivity index (χ0) is 16.2. The quantitative estimate of drug-likeness (QED) is 0.779. The maximum absolute atomic E-state index is 11.7. The zero-order valence-corrected chi connectivity index (χ0v) is 12.8. The number of carboxylic acids is 1. The van der Waals surface area contributed by atoms with Crippen LogP contribution in [0.25, 0.3) is 11.4 Å². The summed E-state index contributed by atoms with van der Waals surface area (Å²) in [5.41, 5.74) is 1.49. The minimum Gasteiger partial charge on any atom is -0.480 e. The number of aliphatic carboxylic acids is 1. The highest BCUT2D eigenvalue weighted by atomic mass is 35.5. The van der Waals surface area contributed by atoms with E-state index in [4.69, 9.17) is 11.6 Å². The van der Waals surface area contributed by atoms with E-state index < -0.39 is 12.0 Å². The fourth-order valence-corrected chi connectivity index (χ4v) is 2.56. The van der Waals surface area contributed by atoms with Gasteiger partial charge in [-0.1, -0.05) is 54.1 Å². The molecule has 3 rings (SSSR count). The number of benzene rings is 2. The van der Waals surface area contributed by atoms with Crippen molar-refractivity contribution in [2.24, 2.45) is 0 Å². The normalized spacial score (nSPS) is 12.0. The van der Waals surface area contributed by atoms with Crippen molar-refractivity contribution in [3.63, 3.8) is 0 Å². The van der Waals surface area contributed by atoms with Crippen LogP contribution in [0.5, 0.6) is 0 Å². The number of carboxylic acid groups (broad SMARTS) is 1. The number of carbonyl (C=O) groups is 1. The number of rotatable bonds is 5. The molecular formula is C16H13ClN4O2. The van der Waals surface area contributed by atoms with E-state index in [2.05, 4.69) is 15.5 Å². The molecule has 0 saturated carbocycles. The molecule has 0 spiro atoms. The van der Waals surface area contributed by atoms with Gasteiger partial charge < -0.3 is 5.11 Å². The van der Waals surface area contributed by atoms with Crippen LogP contribution in [-0.2, 0) is 11.2 Å². The molecular weight excluding hydrogens is 316 g/mol. The van der Waals surface area contributed by atoms with Crippen LogP contribution in [0.3, 0.4) is 0 Å². The first-order valence-electron chi connectivity index (χ1n) is 6.96. The van der Waals surface area contributed by atoms with Crippen LogP contribution in [0.15, 0.2) is 54.6 Å². The molecule has 3 aromatic rings. The predicted molar refractivity (Wildman–Crippen MR) is 85.1 cm³/mol. The molecule has 0 aliphatic rings. The van der Waals surface area contributed by atoms with E-state index in [1.807, 2.05) is 30.3 Å². The van der Waals surface area contributed by atoms with Crippen molar-refractivity contribution in [3.05, 3.63) is 65.2 Å². The largest absolute Gasteiger partial charge is 0.480 e. The van der Waals surface area contributed by atoms with Crippen molar-refractivity contribution in [2.45, 2.75) is 12.5 Å². The van der Waals surface area contributed by atoms with Gasteiger partial charge in [-0.25, -0.2) is 9.48 Å². The first kappa shape index (κ1) is 15.2. The lowest BCUT2D eigenvalue weighted by atomic mass is 10.1. The maximum atomic E-state index is 11.7. The molecule has 116 valence electrons. The van der Waals surface area contributed by atoms with Gasteiger partial charge >= 0.3 is 5.97 Å². The van der Waals surface area contributed by atoms with E-state index >= 15 is 0 Å². The Morgan fingerprint density at radius 1 is 1.13 bits per heavy atom. The van der Waals surface area contributed by atoms with Crippen LogP contribution >= 0.6 is 11.6 Å². The molecule has 1 aromatic heterocycles. The van der Waals surface area contributed by atoms with Crippen LogP contribution in [-0.4, -0.2) is 31.3 Å². The molecule has 0 bridgehead atoms. The maximum Gasteiger partial charge on any atom is 0.329 e. The zero-order valence-electron chi connectivity index (χ0n) is 12.0. The van der Waals surface area contributed by atoms with Crippen molar-refractivity contribution in [1.29, 1.82) is 0 Å². The van der Waals surface area contributed by atoms with Gasteiger partial charge in [-0.05, 0) is 28.1 Å². The highest BCUT2D eigenvalue weighted by Gasteiger charge is 2.26. The molecule has 0 amide bonds. The van der Waals surface area contributed by atoms with Crippen LogP contribution in [0.2, 0.25) is 5.02 Å². The summed E-state index contributed by atoms with van der Waals surface area (Å²) < 4.78 is 1.30. The fourth-order valence-electron chi connectivity index (χ4n) is 2.34. The summed E-state index contributed by atoms with van der Waals surface area (Å²) in [5, 5.41) is 21.5. The lowest BCUT2D eigenvalue weighted by molar-refractivity contribution is -0.141. The summed E-state index contributed by atoms with van der Waals surface area (Å²) in [6.45, 7) is 0. The highest BCUT2D eigenvalue weighted by molar-refractivity contribution is 6.33. The van der Waals surface area contributed by atoms with Gasteiger partial charge in [0.1, 0.15) is 0 Å². The van der Waals surface area contributed by atoms with Gasteiger partial charge in [-0.15, -0.1) is 5.10 Å². The molecule has 1 N–H and O–H groups in total. The van der Waals surface area contributed by atoms with Crippen LogP contribution in [0.1, 0.15) is 11.6 Å². The molecule has 0 aliphatic heterocycles. The molecule has 0 fully saturated rings. The average Bonchev–Trinajstić information content (AvgIpc) is 3.02. The summed E-state index contributed by atoms with van der Waals surface area (Å²) in [5.74, 6) is -0.673. The smallest absolute Gasteiger partial charge is 0.329 e. The molecule has 1 heterocycles. The molecule has 0 aliphatic carbocycles. The second-order valence-electron chi connectivity index (χ2n) is 4.97. The summed E-state index contributed by atoms with van der Waals surface area (Å²) in [6, 6.07) is 15.5. The van der Waals surface area contributed by atoms with E-state index in [0.717, 1.165) is 5.56 Å². The minimum atomic E-state index is -1.01.